The molecule has 0 saturated heterocycles. The first-order chi connectivity index (χ1) is 4.34. The Balaban J connectivity index is 3.01. The first-order valence-corrected chi connectivity index (χ1v) is 2.86. The van der Waals surface area contributed by atoms with Gasteiger partial charge in [0.1, 0.15) is 0 Å². The molecule has 9 heavy (non-hydrogen) atoms. The lowest BCUT2D eigenvalue weighted by atomic mass is 9.88. The van der Waals surface area contributed by atoms with Gasteiger partial charge in [0.05, 0.1) is 0 Å². The van der Waals surface area contributed by atoms with E-state index in [0.29, 0.717) is 0 Å². The Kier molecular flexibility index (Phi) is 1.85. The van der Waals surface area contributed by atoms with E-state index in [4.69, 9.17) is 5.02 Å². The quantitative estimate of drug-likeness (QED) is 0.501. The van der Waals surface area contributed by atoms with Gasteiger partial charge in [0.25, 0.3) is 0 Å². The normalized spacial score (nSPS) is 9.11. The molecule has 0 atom stereocenters. The molecule has 0 saturated carbocycles. The Hall–Kier alpha value is -0.825. The molecular weight excluding hydrogens is 113 g/mol. The summed E-state index contributed by atoms with van der Waals surface area (Å²) in [5, 5.41) is 8.68. The highest BCUT2D eigenvalue weighted by atomic mass is 16.2. The average molecular weight is 121 g/mol. The van der Waals surface area contributed by atoms with Gasteiger partial charge in [-0.2, -0.15) is 0 Å². The first kappa shape index (κ1) is 6.30. The first-order valence-electron chi connectivity index (χ1n) is 2.86. The molecule has 0 aliphatic rings. The number of rotatable bonds is 1. The minimum atomic E-state index is 0.0830. The van der Waals surface area contributed by atoms with Crippen LogP contribution in [0.5, 0.6) is 0 Å². The van der Waals surface area contributed by atoms with Crippen LogP contribution in [0.25, 0.3) is 0 Å². The molecule has 0 spiro atoms. The zero-order valence-corrected chi connectivity index (χ0v) is 5.33. The maximum Gasteiger partial charge on any atom is 0.306 e. The highest BCUT2D eigenvalue weighted by Gasteiger charge is 1.94. The van der Waals surface area contributed by atoms with E-state index in [-0.39, 0.29) is 7.48 Å². The Morgan fingerprint density at radius 3 is 2.89 bits per heavy atom. The molecule has 1 heterocycles. The fourth-order valence-electron chi connectivity index (χ4n) is 0.685. The zero-order valence-electron chi connectivity index (χ0n) is 5.33. The van der Waals surface area contributed by atoms with Crippen molar-refractivity contribution in [2.75, 3.05) is 0 Å². The summed E-state index contributed by atoms with van der Waals surface area (Å²) in [5.41, 5.74) is 1.80. The van der Waals surface area contributed by atoms with E-state index in [1.54, 1.807) is 6.20 Å². The molecule has 1 N–H and O–H groups in total. The number of hydrogen-bond donors (Lipinski definition) is 1. The van der Waals surface area contributed by atoms with E-state index >= 15 is 0 Å². The Bertz CT molecular complexity index is 202. The van der Waals surface area contributed by atoms with Gasteiger partial charge in [0.2, 0.25) is 0 Å². The summed E-state index contributed by atoms with van der Waals surface area (Å²) in [4.78, 5) is 3.99. The molecule has 1 aromatic rings. The minimum Gasteiger partial charge on any atom is -0.449 e. The summed E-state index contributed by atoms with van der Waals surface area (Å²) in [5.74, 6) is 0. The summed E-state index contributed by atoms with van der Waals surface area (Å²) in [7, 11) is 0.0830. The molecule has 0 aliphatic heterocycles. The SMILES string of the molecule is Cc1ncccc1BO. The highest BCUT2D eigenvalue weighted by Crippen LogP contribution is 1.83. The van der Waals surface area contributed by atoms with Gasteiger partial charge in [-0.1, -0.05) is 6.07 Å². The molecule has 3 heteroatoms. The maximum atomic E-state index is 8.68. The molecule has 0 aromatic carbocycles. The number of pyridine rings is 1. The second-order valence-electron chi connectivity index (χ2n) is 1.91. The average Bonchev–Trinajstić information content (AvgIpc) is 1.89. The fraction of sp³-hybridized carbons (Fsp3) is 0.167. The maximum absolute atomic E-state index is 8.68. The standard InChI is InChI=1S/C6H8BNO/c1-5-6(7-9)3-2-4-8-5/h2-4,7,9H,1H3. The summed E-state index contributed by atoms with van der Waals surface area (Å²) in [6.45, 7) is 1.88. The molecule has 0 bridgehead atoms. The summed E-state index contributed by atoms with van der Waals surface area (Å²) < 4.78 is 0. The summed E-state index contributed by atoms with van der Waals surface area (Å²) >= 11 is 0. The van der Waals surface area contributed by atoms with Crippen LogP contribution < -0.4 is 5.46 Å². The lowest BCUT2D eigenvalue weighted by Gasteiger charge is -1.95. The predicted molar refractivity (Wildman–Crippen MR) is 38.0 cm³/mol. The van der Waals surface area contributed by atoms with E-state index < -0.39 is 0 Å². The van der Waals surface area contributed by atoms with Crippen molar-refractivity contribution >= 4 is 12.9 Å². The van der Waals surface area contributed by atoms with E-state index in [1.807, 2.05) is 19.1 Å². The van der Waals surface area contributed by atoms with Gasteiger partial charge >= 0.3 is 7.48 Å². The second-order valence-corrected chi connectivity index (χ2v) is 1.91. The van der Waals surface area contributed by atoms with Crippen LogP contribution in [-0.4, -0.2) is 17.5 Å². The van der Waals surface area contributed by atoms with Crippen molar-refractivity contribution in [1.29, 1.82) is 0 Å². The summed E-state index contributed by atoms with van der Waals surface area (Å²) in [6.07, 6.45) is 1.72. The Morgan fingerprint density at radius 1 is 1.67 bits per heavy atom. The molecule has 1 aromatic heterocycles. The molecule has 0 unspecified atom stereocenters. The Morgan fingerprint density at radius 2 is 2.44 bits per heavy atom. The zero-order chi connectivity index (χ0) is 6.69. The van der Waals surface area contributed by atoms with E-state index in [0.717, 1.165) is 11.2 Å². The topological polar surface area (TPSA) is 33.1 Å². The van der Waals surface area contributed by atoms with Crippen molar-refractivity contribution in [3.63, 3.8) is 0 Å². The lowest BCUT2D eigenvalue weighted by molar-refractivity contribution is 0.615. The molecule has 0 amide bonds. The van der Waals surface area contributed by atoms with Crippen LogP contribution in [0.1, 0.15) is 5.69 Å². The van der Waals surface area contributed by atoms with E-state index in [1.165, 1.54) is 0 Å². The van der Waals surface area contributed by atoms with Crippen LogP contribution in [-0.2, 0) is 0 Å². The van der Waals surface area contributed by atoms with Crippen LogP contribution >= 0.6 is 0 Å². The van der Waals surface area contributed by atoms with Crippen LogP contribution in [0.3, 0.4) is 0 Å². The molecule has 0 aliphatic carbocycles. The smallest absolute Gasteiger partial charge is 0.306 e. The Labute approximate surface area is 54.8 Å². The monoisotopic (exact) mass is 121 g/mol. The lowest BCUT2D eigenvalue weighted by Crippen LogP contribution is -2.17. The van der Waals surface area contributed by atoms with Gasteiger partial charge in [-0.3, -0.25) is 4.98 Å². The third-order valence-electron chi connectivity index (χ3n) is 1.29. The van der Waals surface area contributed by atoms with Crippen molar-refractivity contribution < 1.29 is 5.02 Å². The number of nitrogens with zero attached hydrogens (tertiary/aromatic N) is 1. The molecule has 2 nitrogen and oxygen atoms in total. The van der Waals surface area contributed by atoms with Crippen LogP contribution in [0.2, 0.25) is 0 Å². The van der Waals surface area contributed by atoms with Crippen molar-refractivity contribution in [1.82, 2.24) is 4.98 Å². The van der Waals surface area contributed by atoms with E-state index in [9.17, 15) is 0 Å². The van der Waals surface area contributed by atoms with Gasteiger partial charge in [0, 0.05) is 11.9 Å². The second kappa shape index (κ2) is 2.64. The van der Waals surface area contributed by atoms with Crippen molar-refractivity contribution in [3.8, 4) is 0 Å². The minimum absolute atomic E-state index is 0.0830. The van der Waals surface area contributed by atoms with Gasteiger partial charge in [0.15, 0.2) is 0 Å². The molecular formula is C6H8BNO. The van der Waals surface area contributed by atoms with Crippen molar-refractivity contribution in [2.45, 2.75) is 6.92 Å². The van der Waals surface area contributed by atoms with Crippen molar-refractivity contribution in [2.24, 2.45) is 0 Å². The van der Waals surface area contributed by atoms with Crippen LogP contribution in [0, 0.1) is 6.92 Å². The number of hydrogen-bond acceptors (Lipinski definition) is 2. The predicted octanol–water partition coefficient (Wildman–Crippen LogP) is -0.641. The molecule has 46 valence electrons. The fourth-order valence-corrected chi connectivity index (χ4v) is 0.685. The molecule has 1 rings (SSSR count). The molecule has 0 fully saturated rings. The summed E-state index contributed by atoms with van der Waals surface area (Å²) in [6, 6.07) is 3.68. The van der Waals surface area contributed by atoms with Gasteiger partial charge in [-0.05, 0) is 18.5 Å². The number of aryl methyl sites for hydroxylation is 1. The van der Waals surface area contributed by atoms with Crippen LogP contribution in [0.15, 0.2) is 18.3 Å². The van der Waals surface area contributed by atoms with Gasteiger partial charge in [-0.25, -0.2) is 0 Å². The van der Waals surface area contributed by atoms with Gasteiger partial charge < -0.3 is 5.02 Å². The van der Waals surface area contributed by atoms with Gasteiger partial charge in [-0.15, -0.1) is 0 Å². The number of aromatic nitrogens is 1. The molecule has 0 radical (unpaired) electrons. The largest absolute Gasteiger partial charge is 0.449 e. The highest BCUT2D eigenvalue weighted by molar-refractivity contribution is 6.46. The van der Waals surface area contributed by atoms with E-state index in [2.05, 4.69) is 4.98 Å². The third-order valence-corrected chi connectivity index (χ3v) is 1.29. The van der Waals surface area contributed by atoms with Crippen LogP contribution in [0.4, 0.5) is 0 Å². The van der Waals surface area contributed by atoms with Crippen molar-refractivity contribution in [3.05, 3.63) is 24.0 Å². The third kappa shape index (κ3) is 1.30.